The molecule has 0 radical (unpaired) electrons. The monoisotopic (exact) mass is 278 g/mol. The lowest BCUT2D eigenvalue weighted by atomic mass is 9.96. The maximum Gasteiger partial charge on any atom is 0.138 e. The highest BCUT2D eigenvalue weighted by Crippen LogP contribution is 2.22. The molecule has 1 aliphatic heterocycles. The van der Waals surface area contributed by atoms with E-state index in [1.54, 1.807) is 0 Å². The van der Waals surface area contributed by atoms with Gasteiger partial charge in [0, 0.05) is 31.7 Å². The molecule has 0 amide bonds. The lowest BCUT2D eigenvalue weighted by Crippen LogP contribution is -2.19. The van der Waals surface area contributed by atoms with Crippen LogP contribution in [-0.2, 0) is 10.2 Å². The summed E-state index contributed by atoms with van der Waals surface area (Å²) in [6.07, 6.45) is 3.82. The van der Waals surface area contributed by atoms with E-state index in [9.17, 15) is 0 Å². The quantitative estimate of drug-likeness (QED) is 0.867. The SMILES string of the molecule is CNc1cc(NCCC2CCCO2)nc(C(C)(C)C)n1. The molecule has 2 N–H and O–H groups in total. The normalized spacial score (nSPS) is 19.1. The zero-order valence-corrected chi connectivity index (χ0v) is 13.0. The fourth-order valence-electron chi connectivity index (χ4n) is 2.23. The summed E-state index contributed by atoms with van der Waals surface area (Å²) in [5.41, 5.74) is -0.0577. The number of rotatable bonds is 5. The molecule has 5 nitrogen and oxygen atoms in total. The summed E-state index contributed by atoms with van der Waals surface area (Å²) >= 11 is 0. The van der Waals surface area contributed by atoms with Gasteiger partial charge in [-0.2, -0.15) is 0 Å². The third kappa shape index (κ3) is 4.07. The van der Waals surface area contributed by atoms with Gasteiger partial charge in [0.05, 0.1) is 6.10 Å². The molecule has 20 heavy (non-hydrogen) atoms. The van der Waals surface area contributed by atoms with Crippen molar-refractivity contribution in [2.24, 2.45) is 0 Å². The molecule has 0 aliphatic carbocycles. The van der Waals surface area contributed by atoms with E-state index in [2.05, 4.69) is 41.4 Å². The fraction of sp³-hybridized carbons (Fsp3) is 0.733. The summed E-state index contributed by atoms with van der Waals surface area (Å²) in [6, 6.07) is 1.95. The predicted molar refractivity (Wildman–Crippen MR) is 82.4 cm³/mol. The number of nitrogens with one attached hydrogen (secondary N) is 2. The van der Waals surface area contributed by atoms with Gasteiger partial charge in [-0.15, -0.1) is 0 Å². The standard InChI is InChI=1S/C15H26N4O/c1-15(2,3)14-18-12(16-4)10-13(19-14)17-8-7-11-6-5-9-20-11/h10-11H,5-9H2,1-4H3,(H2,16,17,18,19). The molecule has 2 rings (SSSR count). The molecule has 2 heterocycles. The summed E-state index contributed by atoms with van der Waals surface area (Å²) in [5.74, 6) is 2.58. The molecule has 0 saturated carbocycles. The van der Waals surface area contributed by atoms with E-state index in [-0.39, 0.29) is 5.41 Å². The van der Waals surface area contributed by atoms with Gasteiger partial charge in [-0.3, -0.25) is 0 Å². The first kappa shape index (κ1) is 15.0. The van der Waals surface area contributed by atoms with Crippen LogP contribution >= 0.6 is 0 Å². The maximum atomic E-state index is 5.63. The van der Waals surface area contributed by atoms with Gasteiger partial charge >= 0.3 is 0 Å². The summed E-state index contributed by atoms with van der Waals surface area (Å²) in [6.45, 7) is 8.17. The Balaban J connectivity index is 1.98. The zero-order chi connectivity index (χ0) is 14.6. The molecule has 1 aliphatic rings. The molecular formula is C15H26N4O. The molecule has 112 valence electrons. The van der Waals surface area contributed by atoms with Crippen molar-refractivity contribution in [3.63, 3.8) is 0 Å². The smallest absolute Gasteiger partial charge is 0.138 e. The van der Waals surface area contributed by atoms with Gasteiger partial charge in [0.15, 0.2) is 0 Å². The molecule has 5 heteroatoms. The lowest BCUT2D eigenvalue weighted by molar-refractivity contribution is 0.107. The number of hydrogen-bond donors (Lipinski definition) is 2. The van der Waals surface area contributed by atoms with Crippen molar-refractivity contribution in [3.8, 4) is 0 Å². The van der Waals surface area contributed by atoms with Crippen LogP contribution in [0, 0.1) is 0 Å². The van der Waals surface area contributed by atoms with Crippen molar-refractivity contribution < 1.29 is 4.74 Å². The minimum absolute atomic E-state index is 0.0577. The van der Waals surface area contributed by atoms with Crippen molar-refractivity contribution in [2.45, 2.75) is 51.6 Å². The van der Waals surface area contributed by atoms with Gasteiger partial charge in [-0.05, 0) is 19.3 Å². The Hall–Kier alpha value is -1.36. The second kappa shape index (κ2) is 6.39. The zero-order valence-electron chi connectivity index (χ0n) is 13.0. The third-order valence-corrected chi connectivity index (χ3v) is 3.45. The molecular weight excluding hydrogens is 252 g/mol. The van der Waals surface area contributed by atoms with E-state index in [0.29, 0.717) is 6.10 Å². The van der Waals surface area contributed by atoms with Crippen LogP contribution in [0.5, 0.6) is 0 Å². The van der Waals surface area contributed by atoms with Gasteiger partial charge < -0.3 is 15.4 Å². The number of ether oxygens (including phenoxy) is 1. The number of anilines is 2. The van der Waals surface area contributed by atoms with Crippen LogP contribution in [-0.4, -0.2) is 36.3 Å². The van der Waals surface area contributed by atoms with E-state index in [4.69, 9.17) is 4.74 Å². The second-order valence-corrected chi connectivity index (χ2v) is 6.31. The van der Waals surface area contributed by atoms with Gasteiger partial charge in [-0.25, -0.2) is 9.97 Å². The van der Waals surface area contributed by atoms with E-state index >= 15 is 0 Å². The molecule has 1 aromatic heterocycles. The Labute approximate surface area is 121 Å². The molecule has 0 bridgehead atoms. The Morgan fingerprint density at radius 1 is 1.30 bits per heavy atom. The second-order valence-electron chi connectivity index (χ2n) is 6.31. The molecule has 1 aromatic rings. The van der Waals surface area contributed by atoms with Crippen molar-refractivity contribution in [2.75, 3.05) is 30.8 Å². The van der Waals surface area contributed by atoms with E-state index in [1.807, 2.05) is 13.1 Å². The van der Waals surface area contributed by atoms with Crippen LogP contribution in [0.3, 0.4) is 0 Å². The molecule has 0 aromatic carbocycles. The number of aromatic nitrogens is 2. The maximum absolute atomic E-state index is 5.63. The largest absolute Gasteiger partial charge is 0.378 e. The van der Waals surface area contributed by atoms with Crippen molar-refractivity contribution >= 4 is 11.6 Å². The van der Waals surface area contributed by atoms with Gasteiger partial charge in [-0.1, -0.05) is 20.8 Å². The van der Waals surface area contributed by atoms with Crippen LogP contribution < -0.4 is 10.6 Å². The molecule has 0 spiro atoms. The third-order valence-electron chi connectivity index (χ3n) is 3.45. The minimum atomic E-state index is -0.0577. The predicted octanol–water partition coefficient (Wildman–Crippen LogP) is 2.80. The molecule has 1 atom stereocenters. The average Bonchev–Trinajstić information content (AvgIpc) is 2.90. The Morgan fingerprint density at radius 3 is 2.65 bits per heavy atom. The van der Waals surface area contributed by atoms with Crippen molar-refractivity contribution in [3.05, 3.63) is 11.9 Å². The van der Waals surface area contributed by atoms with E-state index in [0.717, 1.165) is 37.0 Å². The van der Waals surface area contributed by atoms with Crippen LogP contribution in [0.1, 0.15) is 45.9 Å². The highest BCUT2D eigenvalue weighted by Gasteiger charge is 2.19. The van der Waals surface area contributed by atoms with Crippen LogP contribution in [0.4, 0.5) is 11.6 Å². The number of nitrogens with zero attached hydrogens (tertiary/aromatic N) is 2. The van der Waals surface area contributed by atoms with Gasteiger partial charge in [0.2, 0.25) is 0 Å². The average molecular weight is 278 g/mol. The first-order chi connectivity index (χ1) is 9.49. The van der Waals surface area contributed by atoms with Gasteiger partial charge in [0.1, 0.15) is 17.5 Å². The molecule has 1 saturated heterocycles. The first-order valence-electron chi connectivity index (χ1n) is 7.42. The summed E-state index contributed by atoms with van der Waals surface area (Å²) in [5, 5.41) is 6.48. The Kier molecular flexibility index (Phi) is 4.81. The van der Waals surface area contributed by atoms with Crippen molar-refractivity contribution in [1.29, 1.82) is 0 Å². The van der Waals surface area contributed by atoms with E-state index in [1.165, 1.54) is 12.8 Å². The first-order valence-corrected chi connectivity index (χ1v) is 7.42. The lowest BCUT2D eigenvalue weighted by Gasteiger charge is -2.19. The fourth-order valence-corrected chi connectivity index (χ4v) is 2.23. The summed E-state index contributed by atoms with van der Waals surface area (Å²) < 4.78 is 5.63. The van der Waals surface area contributed by atoms with E-state index < -0.39 is 0 Å². The van der Waals surface area contributed by atoms with Crippen LogP contribution in [0.2, 0.25) is 0 Å². The summed E-state index contributed by atoms with van der Waals surface area (Å²) in [4.78, 5) is 9.14. The van der Waals surface area contributed by atoms with Crippen LogP contribution in [0.25, 0.3) is 0 Å². The Bertz CT molecular complexity index is 436. The minimum Gasteiger partial charge on any atom is -0.378 e. The van der Waals surface area contributed by atoms with Crippen molar-refractivity contribution in [1.82, 2.24) is 9.97 Å². The topological polar surface area (TPSA) is 59.1 Å². The Morgan fingerprint density at radius 2 is 2.05 bits per heavy atom. The highest BCUT2D eigenvalue weighted by molar-refractivity contribution is 5.47. The van der Waals surface area contributed by atoms with Gasteiger partial charge in [0.25, 0.3) is 0 Å². The number of hydrogen-bond acceptors (Lipinski definition) is 5. The van der Waals surface area contributed by atoms with Crippen LogP contribution in [0.15, 0.2) is 6.07 Å². The highest BCUT2D eigenvalue weighted by atomic mass is 16.5. The molecule has 1 unspecified atom stereocenters. The summed E-state index contributed by atoms with van der Waals surface area (Å²) in [7, 11) is 1.88. The molecule has 1 fully saturated rings.